The topological polar surface area (TPSA) is 92.8 Å². The van der Waals surface area contributed by atoms with E-state index in [0.717, 1.165) is 18.6 Å². The molecule has 1 atom stereocenters. The maximum absolute atomic E-state index is 12.0. The average Bonchev–Trinajstić information content (AvgIpc) is 2.88. The highest BCUT2D eigenvalue weighted by atomic mass is 33.1. The van der Waals surface area contributed by atoms with Gasteiger partial charge in [0.1, 0.15) is 0 Å². The van der Waals surface area contributed by atoms with E-state index in [1.54, 1.807) is 21.6 Å². The van der Waals surface area contributed by atoms with E-state index < -0.39 is 17.8 Å². The van der Waals surface area contributed by atoms with Gasteiger partial charge in [-0.15, -0.1) is 5.06 Å². The summed E-state index contributed by atoms with van der Waals surface area (Å²) in [5.41, 5.74) is 0. The summed E-state index contributed by atoms with van der Waals surface area (Å²) in [6, 6.07) is 0. The molecule has 1 aliphatic rings. The number of hydrogen-bond acceptors (Lipinski definition) is 7. The van der Waals surface area contributed by atoms with Crippen LogP contribution in [-0.4, -0.2) is 45.8 Å². The molecular formula is C18H30N2O5S2. The summed E-state index contributed by atoms with van der Waals surface area (Å²) in [7, 11) is 3.49. The number of carbonyl (C=O) groups is 4. The van der Waals surface area contributed by atoms with Crippen LogP contribution >= 0.6 is 21.6 Å². The number of amides is 3. The van der Waals surface area contributed by atoms with Crippen molar-refractivity contribution in [3.8, 4) is 0 Å². The molecule has 1 fully saturated rings. The van der Waals surface area contributed by atoms with Crippen LogP contribution in [0, 0.1) is 5.92 Å². The van der Waals surface area contributed by atoms with Crippen molar-refractivity contribution in [3.05, 3.63) is 0 Å². The maximum Gasteiger partial charge on any atom is 0.333 e. The van der Waals surface area contributed by atoms with Crippen LogP contribution in [0.15, 0.2) is 0 Å². The Balaban J connectivity index is 2.06. The lowest BCUT2D eigenvalue weighted by Crippen LogP contribution is -2.32. The first-order chi connectivity index (χ1) is 12.6. The third-order valence-corrected chi connectivity index (χ3v) is 7.15. The van der Waals surface area contributed by atoms with Gasteiger partial charge in [-0.1, -0.05) is 55.7 Å². The fourth-order valence-electron chi connectivity index (χ4n) is 2.15. The fourth-order valence-corrected chi connectivity index (χ4v) is 4.81. The second-order valence-corrected chi connectivity index (χ2v) is 10.7. The molecule has 1 saturated heterocycles. The third kappa shape index (κ3) is 10.0. The number of nitrogens with zero attached hydrogens (tertiary/aromatic N) is 1. The number of hydrogen-bond donors (Lipinski definition) is 1. The molecule has 0 bridgehead atoms. The number of carbonyl (C=O) groups excluding carboxylic acids is 4. The summed E-state index contributed by atoms with van der Waals surface area (Å²) in [6.07, 6.45) is 2.42. The van der Waals surface area contributed by atoms with Crippen molar-refractivity contribution in [2.45, 2.75) is 71.0 Å². The lowest BCUT2D eigenvalue weighted by atomic mass is 10.1. The minimum absolute atomic E-state index is 0.0440. The molecule has 1 N–H and O–H groups in total. The van der Waals surface area contributed by atoms with Crippen molar-refractivity contribution in [1.82, 2.24) is 10.4 Å². The SMILES string of the molecule is CC(CSSC(C)(C)C)C(=O)NCCCCCC(=O)ON1C(=O)CCC1=O. The van der Waals surface area contributed by atoms with Gasteiger partial charge in [-0.2, -0.15) is 0 Å². The van der Waals surface area contributed by atoms with Gasteiger partial charge in [-0.3, -0.25) is 14.4 Å². The molecule has 3 amide bonds. The summed E-state index contributed by atoms with van der Waals surface area (Å²) < 4.78 is 0.178. The quantitative estimate of drug-likeness (QED) is 0.313. The van der Waals surface area contributed by atoms with Crippen molar-refractivity contribution in [2.75, 3.05) is 12.3 Å². The second-order valence-electron chi connectivity index (χ2n) is 7.53. The molecule has 1 heterocycles. The molecule has 0 radical (unpaired) electrons. The molecule has 0 aromatic carbocycles. The van der Waals surface area contributed by atoms with Crippen LogP contribution in [-0.2, 0) is 24.0 Å². The summed E-state index contributed by atoms with van der Waals surface area (Å²) in [5.74, 6) is -0.746. The second kappa shape index (κ2) is 11.6. The van der Waals surface area contributed by atoms with Gasteiger partial charge in [0.2, 0.25) is 5.91 Å². The van der Waals surface area contributed by atoms with Crippen molar-refractivity contribution < 1.29 is 24.0 Å². The number of nitrogens with one attached hydrogen (secondary N) is 1. The highest BCUT2D eigenvalue weighted by Crippen LogP contribution is 2.35. The zero-order chi connectivity index (χ0) is 20.4. The van der Waals surface area contributed by atoms with E-state index in [1.807, 2.05) is 6.92 Å². The molecule has 1 aliphatic heterocycles. The molecule has 27 heavy (non-hydrogen) atoms. The van der Waals surface area contributed by atoms with E-state index in [9.17, 15) is 19.2 Å². The lowest BCUT2D eigenvalue weighted by molar-refractivity contribution is -0.197. The van der Waals surface area contributed by atoms with Crippen molar-refractivity contribution in [2.24, 2.45) is 5.92 Å². The van der Waals surface area contributed by atoms with Gasteiger partial charge in [0, 0.05) is 42.2 Å². The summed E-state index contributed by atoms with van der Waals surface area (Å²) in [5, 5.41) is 3.48. The van der Waals surface area contributed by atoms with Crippen molar-refractivity contribution in [3.63, 3.8) is 0 Å². The van der Waals surface area contributed by atoms with Crippen LogP contribution in [0.3, 0.4) is 0 Å². The molecule has 154 valence electrons. The van der Waals surface area contributed by atoms with Gasteiger partial charge < -0.3 is 10.2 Å². The third-order valence-electron chi connectivity index (χ3n) is 3.63. The summed E-state index contributed by atoms with van der Waals surface area (Å²) in [4.78, 5) is 51.2. The number of unbranched alkanes of at least 4 members (excludes halogenated alkanes) is 2. The van der Waals surface area contributed by atoms with Gasteiger partial charge >= 0.3 is 5.97 Å². The summed E-state index contributed by atoms with van der Waals surface area (Å²) >= 11 is 0. The molecule has 0 spiro atoms. The van der Waals surface area contributed by atoms with Crippen LogP contribution in [0.4, 0.5) is 0 Å². The highest BCUT2D eigenvalue weighted by Gasteiger charge is 2.32. The molecule has 7 nitrogen and oxygen atoms in total. The largest absolute Gasteiger partial charge is 0.356 e. The smallest absolute Gasteiger partial charge is 0.333 e. The average molecular weight is 419 g/mol. The Labute approximate surface area is 169 Å². The molecule has 1 rings (SSSR count). The molecule has 0 aromatic heterocycles. The first-order valence-corrected chi connectivity index (χ1v) is 11.6. The Morgan fingerprint density at radius 3 is 2.37 bits per heavy atom. The van der Waals surface area contributed by atoms with E-state index in [-0.39, 0.29) is 35.8 Å². The van der Waals surface area contributed by atoms with Crippen LogP contribution in [0.25, 0.3) is 0 Å². The first-order valence-electron chi connectivity index (χ1n) is 9.25. The Bertz CT molecular complexity index is 532. The van der Waals surface area contributed by atoms with Gasteiger partial charge in [-0.25, -0.2) is 4.79 Å². The van der Waals surface area contributed by atoms with Gasteiger partial charge in [-0.05, 0) is 12.8 Å². The Hall–Kier alpha value is -1.22. The predicted octanol–water partition coefficient (Wildman–Crippen LogP) is 3.09. The standard InChI is InChI=1S/C18H30N2O5S2/c1-13(12-26-27-18(2,3)4)17(24)19-11-7-5-6-8-16(23)25-20-14(21)9-10-15(20)22/h13H,5-12H2,1-4H3,(H,19,24). The van der Waals surface area contributed by atoms with Crippen molar-refractivity contribution >= 4 is 45.3 Å². The molecule has 0 saturated carbocycles. The van der Waals surface area contributed by atoms with Gasteiger partial charge in [0.05, 0.1) is 0 Å². The number of hydroxylamine groups is 2. The van der Waals surface area contributed by atoms with Gasteiger partial charge in [0.15, 0.2) is 0 Å². The highest BCUT2D eigenvalue weighted by molar-refractivity contribution is 8.77. The van der Waals surface area contributed by atoms with E-state index >= 15 is 0 Å². The van der Waals surface area contributed by atoms with E-state index in [0.29, 0.717) is 18.0 Å². The molecule has 9 heteroatoms. The zero-order valence-electron chi connectivity index (χ0n) is 16.5. The monoisotopic (exact) mass is 418 g/mol. The maximum atomic E-state index is 12.0. The summed E-state index contributed by atoms with van der Waals surface area (Å²) in [6.45, 7) is 8.92. The molecule has 0 aromatic rings. The zero-order valence-corrected chi connectivity index (χ0v) is 18.2. The van der Waals surface area contributed by atoms with Gasteiger partial charge in [0.25, 0.3) is 11.8 Å². The van der Waals surface area contributed by atoms with Crippen LogP contribution in [0.2, 0.25) is 0 Å². The number of imide groups is 1. The molecule has 1 unspecified atom stereocenters. The molecule has 0 aliphatic carbocycles. The Morgan fingerprint density at radius 1 is 1.15 bits per heavy atom. The van der Waals surface area contributed by atoms with Crippen LogP contribution < -0.4 is 5.32 Å². The van der Waals surface area contributed by atoms with Crippen LogP contribution in [0.5, 0.6) is 0 Å². The number of rotatable bonds is 11. The van der Waals surface area contributed by atoms with Crippen molar-refractivity contribution in [1.29, 1.82) is 0 Å². The minimum atomic E-state index is -0.579. The van der Waals surface area contributed by atoms with Crippen LogP contribution in [0.1, 0.15) is 66.2 Å². The Kier molecular flexibility index (Phi) is 10.2. The minimum Gasteiger partial charge on any atom is -0.356 e. The Morgan fingerprint density at radius 2 is 1.78 bits per heavy atom. The fraction of sp³-hybridized carbons (Fsp3) is 0.778. The molecular weight excluding hydrogens is 388 g/mol. The predicted molar refractivity (Wildman–Crippen MR) is 108 cm³/mol. The first kappa shape index (κ1) is 23.8. The lowest BCUT2D eigenvalue weighted by Gasteiger charge is -2.18. The van der Waals surface area contributed by atoms with E-state index in [4.69, 9.17) is 4.84 Å². The normalized spacial score (nSPS) is 15.8. The van der Waals surface area contributed by atoms with E-state index in [1.165, 1.54) is 0 Å². The van der Waals surface area contributed by atoms with E-state index in [2.05, 4.69) is 26.1 Å².